The smallest absolute Gasteiger partial charge is 0.0611 e. The van der Waals surface area contributed by atoms with Gasteiger partial charge in [0.25, 0.3) is 0 Å². The molecule has 0 radical (unpaired) electrons. The topological polar surface area (TPSA) is 35.5 Å². The molecule has 1 aliphatic rings. The third-order valence-electron chi connectivity index (χ3n) is 4.94. The zero-order valence-corrected chi connectivity index (χ0v) is 14.6. The van der Waals surface area contributed by atoms with Crippen LogP contribution in [0.15, 0.2) is 0 Å². The zero-order chi connectivity index (χ0) is 15.5. The number of piperidine rings is 1. The first-order valence-corrected chi connectivity index (χ1v) is 8.33. The fourth-order valence-electron chi connectivity index (χ4n) is 3.98. The average molecular weight is 284 g/mol. The average Bonchev–Trinajstić information content (AvgIpc) is 2.32. The molecule has 0 amide bonds. The highest BCUT2D eigenvalue weighted by Crippen LogP contribution is 2.30. The number of likely N-dealkylation sites (tertiary alicyclic amines) is 1. The van der Waals surface area contributed by atoms with Gasteiger partial charge >= 0.3 is 0 Å². The molecular weight excluding hydrogens is 248 g/mol. The van der Waals surface area contributed by atoms with Crippen LogP contribution in [0.25, 0.3) is 0 Å². The van der Waals surface area contributed by atoms with E-state index in [9.17, 15) is 5.11 Å². The van der Waals surface area contributed by atoms with E-state index in [-0.39, 0.29) is 12.1 Å². The fourth-order valence-corrected chi connectivity index (χ4v) is 3.98. The summed E-state index contributed by atoms with van der Waals surface area (Å²) in [6.07, 6.45) is 2.33. The van der Waals surface area contributed by atoms with Crippen LogP contribution in [0.3, 0.4) is 0 Å². The normalized spacial score (nSPS) is 33.1. The van der Waals surface area contributed by atoms with Crippen LogP contribution < -0.4 is 5.32 Å². The molecule has 20 heavy (non-hydrogen) atoms. The molecule has 1 saturated heterocycles. The standard InChI is InChI=1S/C17H36N2O/c1-12(2)18-17(7,11-20)9-15(5)19-10-13(3)8-14(4)16(19)6/h12-16,18,20H,8-11H2,1-7H3. The summed E-state index contributed by atoms with van der Waals surface area (Å²) in [6, 6.07) is 1.54. The number of nitrogens with zero attached hydrogens (tertiary/aromatic N) is 1. The summed E-state index contributed by atoms with van der Waals surface area (Å²) in [6.45, 7) is 17.2. The summed E-state index contributed by atoms with van der Waals surface area (Å²) in [5.74, 6) is 1.54. The van der Waals surface area contributed by atoms with Crippen LogP contribution in [0, 0.1) is 11.8 Å². The van der Waals surface area contributed by atoms with E-state index in [1.165, 1.54) is 13.0 Å². The molecular formula is C17H36N2O. The van der Waals surface area contributed by atoms with Crippen LogP contribution >= 0.6 is 0 Å². The second-order valence-corrected chi connectivity index (χ2v) is 7.83. The van der Waals surface area contributed by atoms with E-state index >= 15 is 0 Å². The molecule has 3 nitrogen and oxygen atoms in total. The molecule has 0 aromatic rings. The van der Waals surface area contributed by atoms with Crippen molar-refractivity contribution in [3.63, 3.8) is 0 Å². The quantitative estimate of drug-likeness (QED) is 0.787. The van der Waals surface area contributed by atoms with Crippen molar-refractivity contribution in [3.05, 3.63) is 0 Å². The van der Waals surface area contributed by atoms with Crippen molar-refractivity contribution >= 4 is 0 Å². The third-order valence-corrected chi connectivity index (χ3v) is 4.94. The molecule has 0 aliphatic carbocycles. The fraction of sp³-hybridized carbons (Fsp3) is 1.00. The Hall–Kier alpha value is -0.120. The Kier molecular flexibility index (Phi) is 6.49. The van der Waals surface area contributed by atoms with Crippen molar-refractivity contribution < 1.29 is 5.11 Å². The van der Waals surface area contributed by atoms with E-state index in [2.05, 4.69) is 58.7 Å². The molecule has 5 unspecified atom stereocenters. The molecule has 1 heterocycles. The van der Waals surface area contributed by atoms with Gasteiger partial charge in [-0.25, -0.2) is 0 Å². The SMILES string of the molecule is CC1CC(C)C(C)N(C(C)CC(C)(CO)NC(C)C)C1. The predicted octanol–water partition coefficient (Wildman–Crippen LogP) is 2.88. The summed E-state index contributed by atoms with van der Waals surface area (Å²) >= 11 is 0. The molecule has 0 aromatic heterocycles. The van der Waals surface area contributed by atoms with Crippen molar-refractivity contribution in [2.45, 2.75) is 85.0 Å². The highest BCUT2D eigenvalue weighted by atomic mass is 16.3. The highest BCUT2D eigenvalue weighted by Gasteiger charge is 2.35. The molecule has 1 fully saturated rings. The van der Waals surface area contributed by atoms with E-state index in [0.29, 0.717) is 18.1 Å². The van der Waals surface area contributed by atoms with Crippen LogP contribution in [-0.4, -0.2) is 46.8 Å². The van der Waals surface area contributed by atoms with E-state index in [4.69, 9.17) is 0 Å². The van der Waals surface area contributed by atoms with E-state index in [1.807, 2.05) is 0 Å². The van der Waals surface area contributed by atoms with Gasteiger partial charge in [-0.2, -0.15) is 0 Å². The first-order chi connectivity index (χ1) is 9.18. The lowest BCUT2D eigenvalue weighted by molar-refractivity contribution is 0.0246. The van der Waals surface area contributed by atoms with Gasteiger partial charge in [0.1, 0.15) is 0 Å². The van der Waals surface area contributed by atoms with Gasteiger partial charge in [0.05, 0.1) is 6.61 Å². The largest absolute Gasteiger partial charge is 0.394 e. The Labute approximate surface area is 126 Å². The van der Waals surface area contributed by atoms with Gasteiger partial charge in [-0.15, -0.1) is 0 Å². The first kappa shape index (κ1) is 17.9. The van der Waals surface area contributed by atoms with Crippen molar-refractivity contribution in [1.82, 2.24) is 10.2 Å². The van der Waals surface area contributed by atoms with E-state index in [1.54, 1.807) is 0 Å². The van der Waals surface area contributed by atoms with Crippen molar-refractivity contribution in [2.24, 2.45) is 11.8 Å². The Bertz CT molecular complexity index is 295. The number of rotatable bonds is 6. The van der Waals surface area contributed by atoms with E-state index in [0.717, 1.165) is 18.3 Å². The molecule has 0 saturated carbocycles. The molecule has 1 rings (SSSR count). The van der Waals surface area contributed by atoms with Crippen LogP contribution in [0.5, 0.6) is 0 Å². The summed E-state index contributed by atoms with van der Waals surface area (Å²) in [5, 5.41) is 13.3. The minimum absolute atomic E-state index is 0.183. The number of aliphatic hydroxyl groups is 1. The van der Waals surface area contributed by atoms with Crippen LogP contribution in [0.4, 0.5) is 0 Å². The zero-order valence-electron chi connectivity index (χ0n) is 14.6. The van der Waals surface area contributed by atoms with E-state index < -0.39 is 0 Å². The molecule has 5 atom stereocenters. The lowest BCUT2D eigenvalue weighted by Crippen LogP contribution is -2.56. The molecule has 0 spiro atoms. The molecule has 3 heteroatoms. The van der Waals surface area contributed by atoms with Gasteiger partial charge in [0, 0.05) is 30.2 Å². The Morgan fingerprint density at radius 2 is 1.85 bits per heavy atom. The highest BCUT2D eigenvalue weighted by molar-refractivity contribution is 4.92. The molecule has 1 aliphatic heterocycles. The third kappa shape index (κ3) is 4.71. The minimum atomic E-state index is -0.183. The van der Waals surface area contributed by atoms with Gasteiger partial charge in [-0.3, -0.25) is 4.90 Å². The van der Waals surface area contributed by atoms with Crippen LogP contribution in [-0.2, 0) is 0 Å². The molecule has 0 bridgehead atoms. The second-order valence-electron chi connectivity index (χ2n) is 7.83. The first-order valence-electron chi connectivity index (χ1n) is 8.33. The van der Waals surface area contributed by atoms with Crippen molar-refractivity contribution in [2.75, 3.05) is 13.2 Å². The summed E-state index contributed by atoms with van der Waals surface area (Å²) in [4.78, 5) is 2.65. The predicted molar refractivity (Wildman–Crippen MR) is 87.0 cm³/mol. The van der Waals surface area contributed by atoms with Gasteiger partial charge in [-0.1, -0.05) is 27.7 Å². The van der Waals surface area contributed by atoms with Gasteiger partial charge < -0.3 is 10.4 Å². The van der Waals surface area contributed by atoms with Crippen molar-refractivity contribution in [3.8, 4) is 0 Å². The van der Waals surface area contributed by atoms with Gasteiger partial charge in [0.15, 0.2) is 0 Å². The maximum absolute atomic E-state index is 9.77. The summed E-state index contributed by atoms with van der Waals surface area (Å²) in [5.41, 5.74) is -0.183. The second kappa shape index (κ2) is 7.24. The number of aliphatic hydroxyl groups excluding tert-OH is 1. The lowest BCUT2D eigenvalue weighted by atomic mass is 9.83. The van der Waals surface area contributed by atoms with Gasteiger partial charge in [0.2, 0.25) is 0 Å². The minimum Gasteiger partial charge on any atom is -0.394 e. The number of hydrogen-bond acceptors (Lipinski definition) is 3. The molecule has 120 valence electrons. The maximum Gasteiger partial charge on any atom is 0.0611 e. The lowest BCUT2D eigenvalue weighted by Gasteiger charge is -2.46. The monoisotopic (exact) mass is 284 g/mol. The number of hydrogen-bond donors (Lipinski definition) is 2. The number of nitrogens with one attached hydrogen (secondary N) is 1. The maximum atomic E-state index is 9.77. The van der Waals surface area contributed by atoms with Gasteiger partial charge in [-0.05, 0) is 45.4 Å². The molecule has 0 aromatic carbocycles. The Morgan fingerprint density at radius 1 is 1.25 bits per heavy atom. The Balaban J connectivity index is 2.70. The Morgan fingerprint density at radius 3 is 2.35 bits per heavy atom. The summed E-state index contributed by atoms with van der Waals surface area (Å²) < 4.78 is 0. The van der Waals surface area contributed by atoms with Crippen molar-refractivity contribution in [1.29, 1.82) is 0 Å². The summed E-state index contributed by atoms with van der Waals surface area (Å²) in [7, 11) is 0. The van der Waals surface area contributed by atoms with Crippen LogP contribution in [0.1, 0.15) is 61.3 Å². The van der Waals surface area contributed by atoms with Crippen LogP contribution in [0.2, 0.25) is 0 Å². The molecule has 2 N–H and O–H groups in total.